The van der Waals surface area contributed by atoms with Crippen molar-refractivity contribution < 1.29 is 4.74 Å². The van der Waals surface area contributed by atoms with Crippen LogP contribution in [0.1, 0.15) is 29.5 Å². The summed E-state index contributed by atoms with van der Waals surface area (Å²) >= 11 is 6.24. The maximum absolute atomic E-state index is 6.24. The zero-order chi connectivity index (χ0) is 12.4. The van der Waals surface area contributed by atoms with E-state index in [1.54, 1.807) is 0 Å². The van der Waals surface area contributed by atoms with Crippen molar-refractivity contribution >= 4 is 17.8 Å². The predicted molar refractivity (Wildman–Crippen MR) is 73.2 cm³/mol. The largest absolute Gasteiger partial charge is 0.381 e. The monoisotopic (exact) mass is 259 g/mol. The molecular formula is C15H14ClNO. The second kappa shape index (κ2) is 5.14. The Kier molecular flexibility index (Phi) is 3.36. The highest BCUT2D eigenvalue weighted by atomic mass is 35.5. The van der Waals surface area contributed by atoms with Crippen LogP contribution in [0.15, 0.2) is 17.1 Å². The fourth-order valence-electron chi connectivity index (χ4n) is 2.25. The van der Waals surface area contributed by atoms with Gasteiger partial charge >= 0.3 is 0 Å². The lowest BCUT2D eigenvalue weighted by atomic mass is 10.00. The number of fused-ring (bicyclic) bond motifs is 1. The van der Waals surface area contributed by atoms with E-state index in [-0.39, 0.29) is 0 Å². The van der Waals surface area contributed by atoms with Crippen LogP contribution in [-0.4, -0.2) is 19.4 Å². The molecule has 2 heterocycles. The van der Waals surface area contributed by atoms with Gasteiger partial charge < -0.3 is 4.74 Å². The van der Waals surface area contributed by atoms with E-state index in [2.05, 4.69) is 22.9 Å². The summed E-state index contributed by atoms with van der Waals surface area (Å²) in [7, 11) is 0. The van der Waals surface area contributed by atoms with Crippen LogP contribution < -0.4 is 0 Å². The van der Waals surface area contributed by atoms with Gasteiger partial charge in [-0.25, -0.2) is 0 Å². The van der Waals surface area contributed by atoms with Gasteiger partial charge in [-0.05, 0) is 36.1 Å². The van der Waals surface area contributed by atoms with Crippen molar-refractivity contribution in [2.45, 2.75) is 19.4 Å². The average Bonchev–Trinajstić information content (AvgIpc) is 2.84. The Morgan fingerprint density at radius 2 is 2.11 bits per heavy atom. The Bertz CT molecular complexity index is 548. The van der Waals surface area contributed by atoms with E-state index in [4.69, 9.17) is 16.3 Å². The van der Waals surface area contributed by atoms with E-state index in [0.29, 0.717) is 5.92 Å². The van der Waals surface area contributed by atoms with E-state index in [1.807, 2.05) is 12.3 Å². The van der Waals surface area contributed by atoms with Gasteiger partial charge in [0.15, 0.2) is 0 Å². The topological polar surface area (TPSA) is 21.6 Å². The zero-order valence-corrected chi connectivity index (χ0v) is 10.8. The van der Waals surface area contributed by atoms with Crippen molar-refractivity contribution in [1.29, 1.82) is 0 Å². The molecule has 0 bridgehead atoms. The molecule has 2 nitrogen and oxygen atoms in total. The first-order valence-electron chi connectivity index (χ1n) is 6.24. The minimum atomic E-state index is 0.444. The Balaban J connectivity index is 1.83. The maximum Gasteiger partial charge on any atom is 0.0646 e. The van der Waals surface area contributed by atoms with Crippen molar-refractivity contribution in [1.82, 2.24) is 0 Å². The molecule has 0 saturated carbocycles. The number of nitrogens with zero attached hydrogens (tertiary/aromatic N) is 1. The van der Waals surface area contributed by atoms with Crippen LogP contribution >= 0.6 is 11.6 Å². The molecular weight excluding hydrogens is 246 g/mol. The molecule has 1 aromatic carbocycles. The van der Waals surface area contributed by atoms with Gasteiger partial charge in [0.05, 0.1) is 11.6 Å². The minimum absolute atomic E-state index is 0.444. The second-order valence-electron chi connectivity index (χ2n) is 4.66. The molecule has 0 aliphatic carbocycles. The first-order valence-corrected chi connectivity index (χ1v) is 6.62. The van der Waals surface area contributed by atoms with Gasteiger partial charge in [-0.15, -0.1) is 0 Å². The van der Waals surface area contributed by atoms with E-state index < -0.39 is 0 Å². The molecule has 2 aliphatic heterocycles. The zero-order valence-electron chi connectivity index (χ0n) is 10.1. The summed E-state index contributed by atoms with van der Waals surface area (Å²) in [6.45, 7) is 2.40. The number of benzene rings is 1. The van der Waals surface area contributed by atoms with E-state index in [9.17, 15) is 0 Å². The normalized spacial score (nSPS) is 18.3. The summed E-state index contributed by atoms with van der Waals surface area (Å²) in [4.78, 5) is 4.24. The first-order chi connectivity index (χ1) is 8.83. The molecule has 2 aliphatic rings. The van der Waals surface area contributed by atoms with Gasteiger partial charge in [0.1, 0.15) is 0 Å². The summed E-state index contributed by atoms with van der Waals surface area (Å²) in [5.74, 6) is 6.98. The molecule has 92 valence electrons. The lowest BCUT2D eigenvalue weighted by Crippen LogP contribution is -2.13. The summed E-state index contributed by atoms with van der Waals surface area (Å²) in [5.41, 5.74) is 3.26. The number of hydrogen-bond acceptors (Lipinski definition) is 2. The van der Waals surface area contributed by atoms with Gasteiger partial charge in [0, 0.05) is 30.9 Å². The number of rotatable bonds is 0. The van der Waals surface area contributed by atoms with E-state index in [0.717, 1.165) is 48.7 Å². The lowest BCUT2D eigenvalue weighted by Gasteiger charge is -2.16. The van der Waals surface area contributed by atoms with Crippen molar-refractivity contribution in [2.24, 2.45) is 10.9 Å². The van der Waals surface area contributed by atoms with Gasteiger partial charge in [0.2, 0.25) is 0 Å². The summed E-state index contributed by atoms with van der Waals surface area (Å²) in [6.07, 6.45) is 3.92. The van der Waals surface area contributed by atoms with Crippen LogP contribution in [0.5, 0.6) is 0 Å². The third kappa shape index (κ3) is 2.43. The molecule has 1 saturated heterocycles. The fraction of sp³-hybridized carbons (Fsp3) is 0.400. The summed E-state index contributed by atoms with van der Waals surface area (Å²) < 4.78 is 5.33. The molecule has 0 unspecified atom stereocenters. The van der Waals surface area contributed by atoms with E-state index in [1.165, 1.54) is 5.56 Å². The molecule has 0 aromatic heterocycles. The predicted octanol–water partition coefficient (Wildman–Crippen LogP) is 3.05. The number of aliphatic imine (C=N–C) groups is 1. The standard InChI is InChI=1S/C15H14ClNO/c16-15-8-14-10-17-9-13(14)7-12(15)2-1-11-3-5-18-6-4-11/h7-8,10-11H,3-6,9H2. The van der Waals surface area contributed by atoms with Gasteiger partial charge in [-0.3, -0.25) is 4.99 Å². The quantitative estimate of drug-likeness (QED) is 0.657. The number of hydrogen-bond donors (Lipinski definition) is 0. The Labute approximate surface area is 112 Å². The molecule has 1 fully saturated rings. The Morgan fingerprint density at radius 1 is 1.28 bits per heavy atom. The molecule has 1 aromatic rings. The third-order valence-corrected chi connectivity index (χ3v) is 3.67. The fourth-order valence-corrected chi connectivity index (χ4v) is 2.47. The second-order valence-corrected chi connectivity index (χ2v) is 5.06. The van der Waals surface area contributed by atoms with Crippen LogP contribution in [0.4, 0.5) is 0 Å². The van der Waals surface area contributed by atoms with Crippen LogP contribution in [0, 0.1) is 17.8 Å². The molecule has 0 N–H and O–H groups in total. The van der Waals surface area contributed by atoms with Crippen molar-refractivity contribution in [2.75, 3.05) is 13.2 Å². The van der Waals surface area contributed by atoms with Crippen LogP contribution in [0.25, 0.3) is 0 Å². The van der Waals surface area contributed by atoms with Crippen molar-refractivity contribution in [3.05, 3.63) is 33.8 Å². The Morgan fingerprint density at radius 3 is 2.94 bits per heavy atom. The molecule has 0 amide bonds. The summed E-state index contributed by atoms with van der Waals surface area (Å²) in [6, 6.07) is 4.03. The molecule has 0 radical (unpaired) electrons. The number of halogens is 1. The smallest absolute Gasteiger partial charge is 0.0646 e. The minimum Gasteiger partial charge on any atom is -0.381 e. The molecule has 0 atom stereocenters. The van der Waals surface area contributed by atoms with Crippen molar-refractivity contribution in [3.8, 4) is 11.8 Å². The molecule has 0 spiro atoms. The van der Waals surface area contributed by atoms with Gasteiger partial charge in [-0.2, -0.15) is 0 Å². The summed E-state index contributed by atoms with van der Waals surface area (Å²) in [5, 5.41) is 0.724. The molecule has 3 rings (SSSR count). The van der Waals surface area contributed by atoms with Crippen LogP contribution in [0.2, 0.25) is 5.02 Å². The first kappa shape index (κ1) is 11.8. The van der Waals surface area contributed by atoms with Crippen LogP contribution in [0.3, 0.4) is 0 Å². The SMILES string of the molecule is Clc1cc2c(cc1C#CC1CCOCC1)CN=C2. The lowest BCUT2D eigenvalue weighted by molar-refractivity contribution is 0.0807. The van der Waals surface area contributed by atoms with Crippen molar-refractivity contribution in [3.63, 3.8) is 0 Å². The molecule has 18 heavy (non-hydrogen) atoms. The molecule has 3 heteroatoms. The van der Waals surface area contributed by atoms with Gasteiger partial charge in [0.25, 0.3) is 0 Å². The van der Waals surface area contributed by atoms with E-state index >= 15 is 0 Å². The third-order valence-electron chi connectivity index (χ3n) is 3.35. The van der Waals surface area contributed by atoms with Crippen LogP contribution in [-0.2, 0) is 11.3 Å². The highest BCUT2D eigenvalue weighted by molar-refractivity contribution is 6.32. The average molecular weight is 260 g/mol. The van der Waals surface area contributed by atoms with Gasteiger partial charge in [-0.1, -0.05) is 23.4 Å². The highest BCUT2D eigenvalue weighted by Gasteiger charge is 2.12. The maximum atomic E-state index is 6.24. The highest BCUT2D eigenvalue weighted by Crippen LogP contribution is 2.24. The number of ether oxygens (including phenoxy) is 1. The Hall–Kier alpha value is -1.30.